The van der Waals surface area contributed by atoms with Crippen molar-refractivity contribution in [3.63, 3.8) is 0 Å². The lowest BCUT2D eigenvalue weighted by Crippen LogP contribution is -2.30. The highest BCUT2D eigenvalue weighted by Crippen LogP contribution is 2.26. The number of carboxylic acid groups (broad SMARTS) is 1. The zero-order valence-corrected chi connectivity index (χ0v) is 13.5. The Morgan fingerprint density at radius 2 is 2.04 bits per heavy atom. The van der Waals surface area contributed by atoms with Gasteiger partial charge in [-0.25, -0.2) is 4.79 Å². The molecule has 0 aliphatic carbocycles. The summed E-state index contributed by atoms with van der Waals surface area (Å²) in [6.45, 7) is 0.115. The van der Waals surface area contributed by atoms with E-state index in [1.165, 1.54) is 7.11 Å². The first kappa shape index (κ1) is 18.0. The van der Waals surface area contributed by atoms with Gasteiger partial charge < -0.3 is 24.2 Å². The van der Waals surface area contributed by atoms with E-state index < -0.39 is 17.9 Å². The Kier molecular flexibility index (Phi) is 6.36. The first-order valence-corrected chi connectivity index (χ1v) is 7.75. The van der Waals surface area contributed by atoms with Crippen molar-refractivity contribution in [2.24, 2.45) is 0 Å². The topological polar surface area (TPSA) is 102 Å². The van der Waals surface area contributed by atoms with Crippen LogP contribution in [0.4, 0.5) is 0 Å². The fourth-order valence-corrected chi connectivity index (χ4v) is 2.49. The minimum Gasteiger partial charge on any atom is -0.478 e. The summed E-state index contributed by atoms with van der Waals surface area (Å²) in [5, 5.41) is 9.04. The fraction of sp³-hybridized carbons (Fsp3) is 0.562. The number of ether oxygens (including phenoxy) is 3. The molecular weight excluding hydrogens is 318 g/mol. The number of carbonyl (C=O) groups is 3. The zero-order valence-electron chi connectivity index (χ0n) is 13.5. The van der Waals surface area contributed by atoms with Crippen molar-refractivity contribution in [3.8, 4) is 0 Å². The average Bonchev–Trinajstić information content (AvgIpc) is 3.07. The summed E-state index contributed by atoms with van der Waals surface area (Å²) in [7, 11) is 1.26. The van der Waals surface area contributed by atoms with E-state index in [9.17, 15) is 14.4 Å². The molecule has 8 nitrogen and oxygen atoms in total. The van der Waals surface area contributed by atoms with Gasteiger partial charge in [-0.3, -0.25) is 9.59 Å². The molecular formula is C16H21NO7. The lowest BCUT2D eigenvalue weighted by Gasteiger charge is -2.26. The molecule has 1 fully saturated rings. The molecule has 8 heteroatoms. The van der Waals surface area contributed by atoms with E-state index in [0.29, 0.717) is 24.8 Å². The molecule has 0 aromatic heterocycles. The second-order valence-corrected chi connectivity index (χ2v) is 5.54. The highest BCUT2D eigenvalue weighted by atomic mass is 16.6. The molecule has 2 heterocycles. The Balaban J connectivity index is 1.74. The maximum atomic E-state index is 11.5. The van der Waals surface area contributed by atoms with Crippen LogP contribution in [0.5, 0.6) is 0 Å². The minimum atomic E-state index is -0.946. The van der Waals surface area contributed by atoms with Crippen molar-refractivity contribution in [2.75, 3.05) is 13.7 Å². The lowest BCUT2D eigenvalue weighted by molar-refractivity contribution is -0.152. The molecule has 0 amide bonds. The lowest BCUT2D eigenvalue weighted by atomic mass is 10.1. The van der Waals surface area contributed by atoms with Gasteiger partial charge in [0, 0.05) is 18.8 Å². The maximum Gasteiger partial charge on any atom is 0.333 e. The van der Waals surface area contributed by atoms with E-state index in [-0.39, 0.29) is 31.8 Å². The van der Waals surface area contributed by atoms with Crippen molar-refractivity contribution in [1.82, 2.24) is 4.90 Å². The number of carbonyl (C=O) groups excluding carboxylic acids is 2. The highest BCUT2D eigenvalue weighted by molar-refractivity contribution is 5.87. The second kappa shape index (κ2) is 8.49. The third-order valence-corrected chi connectivity index (χ3v) is 3.80. The summed E-state index contributed by atoms with van der Waals surface area (Å²) < 4.78 is 15.3. The van der Waals surface area contributed by atoms with Crippen molar-refractivity contribution in [3.05, 3.63) is 24.0 Å². The second-order valence-electron chi connectivity index (χ2n) is 5.54. The molecule has 0 spiro atoms. The fourth-order valence-electron chi connectivity index (χ4n) is 2.49. The molecule has 1 saturated heterocycles. The maximum absolute atomic E-state index is 11.5. The number of aliphatic carboxylic acids is 1. The number of hydrogen-bond acceptors (Lipinski definition) is 7. The van der Waals surface area contributed by atoms with Crippen LogP contribution in [0.1, 0.15) is 32.1 Å². The molecule has 0 bridgehead atoms. The minimum absolute atomic E-state index is 0.00911. The predicted octanol–water partition coefficient (Wildman–Crippen LogP) is 1.18. The number of esters is 2. The molecule has 24 heavy (non-hydrogen) atoms. The number of carboxylic acids is 1. The third-order valence-electron chi connectivity index (χ3n) is 3.80. The number of rotatable bonds is 7. The Morgan fingerprint density at radius 1 is 1.29 bits per heavy atom. The average molecular weight is 339 g/mol. The molecule has 0 radical (unpaired) electrons. The quantitative estimate of drug-likeness (QED) is 0.690. The molecule has 0 saturated carbocycles. The largest absolute Gasteiger partial charge is 0.478 e. The van der Waals surface area contributed by atoms with Crippen LogP contribution in [0.25, 0.3) is 0 Å². The van der Waals surface area contributed by atoms with Crippen molar-refractivity contribution in [2.45, 2.75) is 44.4 Å². The van der Waals surface area contributed by atoms with Crippen molar-refractivity contribution >= 4 is 17.9 Å². The number of allylic oxidation sites excluding steroid dienone is 1. The van der Waals surface area contributed by atoms with Gasteiger partial charge in [0.2, 0.25) is 0 Å². The van der Waals surface area contributed by atoms with Crippen LogP contribution < -0.4 is 0 Å². The van der Waals surface area contributed by atoms with Gasteiger partial charge in [0.15, 0.2) is 0 Å². The zero-order chi connectivity index (χ0) is 17.5. The van der Waals surface area contributed by atoms with Gasteiger partial charge in [-0.2, -0.15) is 0 Å². The summed E-state index contributed by atoms with van der Waals surface area (Å²) in [6, 6.07) is 0. The Bertz CT molecular complexity index is 555. The molecule has 0 aromatic carbocycles. The van der Waals surface area contributed by atoms with Crippen molar-refractivity contribution in [1.29, 1.82) is 0 Å². The van der Waals surface area contributed by atoms with Crippen LogP contribution in [0.15, 0.2) is 24.0 Å². The van der Waals surface area contributed by atoms with Gasteiger partial charge in [0.05, 0.1) is 31.6 Å². The highest BCUT2D eigenvalue weighted by Gasteiger charge is 2.30. The van der Waals surface area contributed by atoms with E-state index in [2.05, 4.69) is 4.74 Å². The van der Waals surface area contributed by atoms with Crippen LogP contribution >= 0.6 is 0 Å². The van der Waals surface area contributed by atoms with Crippen LogP contribution in [-0.4, -0.2) is 54.0 Å². The van der Waals surface area contributed by atoms with Crippen LogP contribution in [0, 0.1) is 0 Å². The monoisotopic (exact) mass is 339 g/mol. The summed E-state index contributed by atoms with van der Waals surface area (Å²) in [5.41, 5.74) is 0.304. The van der Waals surface area contributed by atoms with Crippen LogP contribution in [0.2, 0.25) is 0 Å². The van der Waals surface area contributed by atoms with Crippen LogP contribution in [0.3, 0.4) is 0 Å². The summed E-state index contributed by atoms with van der Waals surface area (Å²) >= 11 is 0. The summed E-state index contributed by atoms with van der Waals surface area (Å²) in [6.07, 6.45) is 6.39. The Hall–Kier alpha value is -2.35. The van der Waals surface area contributed by atoms with Gasteiger partial charge in [-0.15, -0.1) is 0 Å². The molecule has 132 valence electrons. The standard InChI is InChI=1S/C16H21NO7/c1-22-14(18)6-7-15(19)23-10-12-4-5-13(24-12)17-8-2-3-11(9-17)16(20)21/h2,8-9,12-13H,3-7,10H2,1H3,(H,20,21). The van der Waals surface area contributed by atoms with E-state index >= 15 is 0 Å². The molecule has 2 unspecified atom stereocenters. The predicted molar refractivity (Wildman–Crippen MR) is 81.4 cm³/mol. The van der Waals surface area contributed by atoms with Gasteiger partial charge in [-0.1, -0.05) is 6.08 Å². The van der Waals surface area contributed by atoms with Gasteiger partial charge in [0.25, 0.3) is 0 Å². The Morgan fingerprint density at radius 3 is 2.75 bits per heavy atom. The normalized spacial score (nSPS) is 22.9. The first-order chi connectivity index (χ1) is 11.5. The van der Waals surface area contributed by atoms with E-state index in [1.54, 1.807) is 23.4 Å². The number of methoxy groups -OCH3 is 1. The summed E-state index contributed by atoms with van der Waals surface area (Å²) in [4.78, 5) is 35.3. The van der Waals surface area contributed by atoms with Crippen molar-refractivity contribution < 1.29 is 33.7 Å². The molecule has 2 atom stereocenters. The first-order valence-electron chi connectivity index (χ1n) is 7.75. The van der Waals surface area contributed by atoms with Gasteiger partial charge >= 0.3 is 17.9 Å². The van der Waals surface area contributed by atoms with E-state index in [4.69, 9.17) is 14.6 Å². The molecule has 2 rings (SSSR count). The van der Waals surface area contributed by atoms with E-state index in [0.717, 1.165) is 0 Å². The smallest absolute Gasteiger partial charge is 0.333 e. The molecule has 2 aliphatic rings. The number of nitrogens with zero attached hydrogens (tertiary/aromatic N) is 1. The van der Waals surface area contributed by atoms with Crippen LogP contribution in [-0.2, 0) is 28.6 Å². The summed E-state index contributed by atoms with van der Waals surface area (Å²) in [5.74, 6) is -1.88. The molecule has 2 aliphatic heterocycles. The van der Waals surface area contributed by atoms with Gasteiger partial charge in [-0.05, 0) is 12.8 Å². The van der Waals surface area contributed by atoms with E-state index in [1.807, 2.05) is 0 Å². The molecule has 0 aromatic rings. The third kappa shape index (κ3) is 5.09. The van der Waals surface area contributed by atoms with Gasteiger partial charge in [0.1, 0.15) is 12.8 Å². The molecule has 1 N–H and O–H groups in total. The SMILES string of the molecule is COC(=O)CCC(=O)OCC1CCC(N2C=CCC(C(=O)O)=C2)O1. The number of hydrogen-bond donors (Lipinski definition) is 1. The Labute approximate surface area is 139 Å².